The maximum atomic E-state index is 11.8. The van der Waals surface area contributed by atoms with Crippen LogP contribution in [0.15, 0.2) is 0 Å². The molecule has 1 aliphatic carbocycles. The van der Waals surface area contributed by atoms with Crippen LogP contribution in [0.2, 0.25) is 0 Å². The minimum atomic E-state index is 0.110. The van der Waals surface area contributed by atoms with Crippen LogP contribution in [-0.2, 0) is 9.53 Å². The Bertz CT molecular complexity index is 259. The molecular weight excluding hydrogens is 240 g/mol. The van der Waals surface area contributed by atoms with E-state index in [1.165, 1.54) is 38.5 Å². The van der Waals surface area contributed by atoms with E-state index in [4.69, 9.17) is 4.74 Å². The molecule has 112 valence electrons. The minimum absolute atomic E-state index is 0.110. The predicted octanol–water partition coefficient (Wildman–Crippen LogP) is 2.18. The van der Waals surface area contributed by atoms with Crippen LogP contribution in [0.25, 0.3) is 0 Å². The molecule has 4 nitrogen and oxygen atoms in total. The number of rotatable bonds is 7. The average Bonchev–Trinajstić information content (AvgIpc) is 2.63. The maximum Gasteiger partial charge on any atom is 0.222 e. The maximum absolute atomic E-state index is 11.8. The van der Waals surface area contributed by atoms with Gasteiger partial charge in [-0.1, -0.05) is 25.7 Å². The summed E-state index contributed by atoms with van der Waals surface area (Å²) in [7, 11) is 4.27. The topological polar surface area (TPSA) is 41.6 Å². The van der Waals surface area contributed by atoms with Crippen LogP contribution in [-0.4, -0.2) is 50.2 Å². The Balaban J connectivity index is 2.42. The second-order valence-corrected chi connectivity index (χ2v) is 5.76. The zero-order valence-electron chi connectivity index (χ0n) is 12.8. The van der Waals surface area contributed by atoms with Crippen molar-refractivity contribution in [2.75, 3.05) is 33.9 Å². The van der Waals surface area contributed by atoms with Gasteiger partial charge >= 0.3 is 0 Å². The lowest BCUT2D eigenvalue weighted by atomic mass is 9.88. The van der Waals surface area contributed by atoms with Crippen molar-refractivity contribution in [1.82, 2.24) is 10.2 Å². The Morgan fingerprint density at radius 1 is 1.21 bits per heavy atom. The van der Waals surface area contributed by atoms with Gasteiger partial charge in [0, 0.05) is 25.1 Å². The lowest BCUT2D eigenvalue weighted by Crippen LogP contribution is -2.52. The monoisotopic (exact) mass is 270 g/mol. The van der Waals surface area contributed by atoms with E-state index in [9.17, 15) is 4.79 Å². The van der Waals surface area contributed by atoms with E-state index in [1.54, 1.807) is 0 Å². The molecule has 0 aromatic rings. The van der Waals surface area contributed by atoms with E-state index in [0.717, 1.165) is 6.54 Å². The fourth-order valence-corrected chi connectivity index (χ4v) is 2.83. The highest BCUT2D eigenvalue weighted by molar-refractivity contribution is 5.76. The van der Waals surface area contributed by atoms with Gasteiger partial charge in [-0.3, -0.25) is 4.79 Å². The molecule has 0 radical (unpaired) electrons. The quantitative estimate of drug-likeness (QED) is 0.569. The molecule has 1 aliphatic rings. The Morgan fingerprint density at radius 3 is 2.37 bits per heavy atom. The SMILES string of the molecule is CCOCCC(=O)NCC1(N(C)C)CCCCCC1. The normalized spacial score (nSPS) is 19.2. The Labute approximate surface area is 117 Å². The Kier molecular flexibility index (Phi) is 7.39. The van der Waals surface area contributed by atoms with Crippen LogP contribution in [0, 0.1) is 0 Å². The van der Waals surface area contributed by atoms with Gasteiger partial charge in [0.05, 0.1) is 6.61 Å². The van der Waals surface area contributed by atoms with E-state index in [2.05, 4.69) is 24.3 Å². The highest BCUT2D eigenvalue weighted by Crippen LogP contribution is 2.30. The summed E-state index contributed by atoms with van der Waals surface area (Å²) in [6, 6.07) is 0. The van der Waals surface area contributed by atoms with Gasteiger partial charge in [-0.05, 0) is 33.9 Å². The zero-order valence-corrected chi connectivity index (χ0v) is 12.8. The van der Waals surface area contributed by atoms with Crippen molar-refractivity contribution in [2.24, 2.45) is 0 Å². The van der Waals surface area contributed by atoms with Crippen molar-refractivity contribution >= 4 is 5.91 Å². The summed E-state index contributed by atoms with van der Waals surface area (Å²) in [5, 5.41) is 3.10. The van der Waals surface area contributed by atoms with E-state index in [-0.39, 0.29) is 11.4 Å². The number of nitrogens with zero attached hydrogens (tertiary/aromatic N) is 1. The molecule has 0 aromatic heterocycles. The van der Waals surface area contributed by atoms with Gasteiger partial charge in [-0.2, -0.15) is 0 Å². The molecule has 1 fully saturated rings. The number of carbonyl (C=O) groups is 1. The van der Waals surface area contributed by atoms with Gasteiger partial charge in [0.25, 0.3) is 0 Å². The highest BCUT2D eigenvalue weighted by Gasteiger charge is 2.33. The number of ether oxygens (including phenoxy) is 1. The van der Waals surface area contributed by atoms with Crippen LogP contribution >= 0.6 is 0 Å². The summed E-state index contributed by atoms with van der Waals surface area (Å²) in [6.45, 7) is 3.92. The van der Waals surface area contributed by atoms with Crippen molar-refractivity contribution in [1.29, 1.82) is 0 Å². The molecule has 0 heterocycles. The summed E-state index contributed by atoms with van der Waals surface area (Å²) >= 11 is 0. The molecule has 1 rings (SSSR count). The third-order valence-electron chi connectivity index (χ3n) is 4.28. The van der Waals surface area contributed by atoms with Crippen molar-refractivity contribution in [3.8, 4) is 0 Å². The lowest BCUT2D eigenvalue weighted by molar-refractivity contribution is -0.122. The van der Waals surface area contributed by atoms with Crippen LogP contribution in [0.5, 0.6) is 0 Å². The van der Waals surface area contributed by atoms with Crippen molar-refractivity contribution in [2.45, 2.75) is 57.4 Å². The highest BCUT2D eigenvalue weighted by atomic mass is 16.5. The third kappa shape index (κ3) is 5.49. The van der Waals surface area contributed by atoms with E-state index in [0.29, 0.717) is 19.6 Å². The van der Waals surface area contributed by atoms with Crippen molar-refractivity contribution < 1.29 is 9.53 Å². The molecule has 0 aromatic carbocycles. The molecule has 0 bridgehead atoms. The molecule has 1 saturated carbocycles. The third-order valence-corrected chi connectivity index (χ3v) is 4.28. The number of carbonyl (C=O) groups excluding carboxylic acids is 1. The first kappa shape index (κ1) is 16.4. The van der Waals surface area contributed by atoms with E-state index >= 15 is 0 Å². The fraction of sp³-hybridized carbons (Fsp3) is 0.933. The first-order valence-electron chi connectivity index (χ1n) is 7.62. The summed E-state index contributed by atoms with van der Waals surface area (Å²) in [6.07, 6.45) is 8.04. The molecule has 19 heavy (non-hydrogen) atoms. The Hall–Kier alpha value is -0.610. The number of nitrogens with one attached hydrogen (secondary N) is 1. The Morgan fingerprint density at radius 2 is 1.84 bits per heavy atom. The van der Waals surface area contributed by atoms with E-state index in [1.807, 2.05) is 6.92 Å². The standard InChI is InChI=1S/C15H30N2O2/c1-4-19-12-9-14(18)16-13-15(17(2)3)10-7-5-6-8-11-15/h4-13H2,1-3H3,(H,16,18). The van der Waals surface area contributed by atoms with Crippen LogP contribution in [0.4, 0.5) is 0 Å². The van der Waals surface area contributed by atoms with Gasteiger partial charge in [0.1, 0.15) is 0 Å². The van der Waals surface area contributed by atoms with Crippen LogP contribution in [0.1, 0.15) is 51.9 Å². The number of likely N-dealkylation sites (N-methyl/N-ethyl adjacent to an activating group) is 1. The van der Waals surface area contributed by atoms with Gasteiger partial charge < -0.3 is 15.0 Å². The summed E-state index contributed by atoms with van der Waals surface area (Å²) in [5.41, 5.74) is 0.151. The van der Waals surface area contributed by atoms with Crippen molar-refractivity contribution in [3.63, 3.8) is 0 Å². The smallest absolute Gasteiger partial charge is 0.222 e. The second kappa shape index (κ2) is 8.54. The zero-order chi connectivity index (χ0) is 14.1. The summed E-state index contributed by atoms with van der Waals surface area (Å²) < 4.78 is 5.22. The molecule has 0 aliphatic heterocycles. The summed E-state index contributed by atoms with van der Waals surface area (Å²) in [5.74, 6) is 0.110. The number of amides is 1. The van der Waals surface area contributed by atoms with Gasteiger partial charge in [-0.15, -0.1) is 0 Å². The van der Waals surface area contributed by atoms with Crippen LogP contribution < -0.4 is 5.32 Å². The molecule has 1 amide bonds. The predicted molar refractivity (Wildman–Crippen MR) is 78.2 cm³/mol. The summed E-state index contributed by atoms with van der Waals surface area (Å²) in [4.78, 5) is 14.1. The second-order valence-electron chi connectivity index (χ2n) is 5.76. The fourth-order valence-electron chi connectivity index (χ4n) is 2.83. The van der Waals surface area contributed by atoms with Crippen LogP contribution in [0.3, 0.4) is 0 Å². The van der Waals surface area contributed by atoms with Crippen molar-refractivity contribution in [3.05, 3.63) is 0 Å². The molecule has 0 atom stereocenters. The lowest BCUT2D eigenvalue weighted by Gasteiger charge is -2.39. The average molecular weight is 270 g/mol. The molecule has 4 heteroatoms. The van der Waals surface area contributed by atoms with Gasteiger partial charge in [0.15, 0.2) is 0 Å². The first-order valence-corrected chi connectivity index (χ1v) is 7.62. The molecule has 1 N–H and O–H groups in total. The number of hydrogen-bond acceptors (Lipinski definition) is 3. The minimum Gasteiger partial charge on any atom is -0.381 e. The number of hydrogen-bond donors (Lipinski definition) is 1. The molecule has 0 saturated heterocycles. The van der Waals surface area contributed by atoms with Gasteiger partial charge in [-0.25, -0.2) is 0 Å². The molecular formula is C15H30N2O2. The van der Waals surface area contributed by atoms with Gasteiger partial charge in [0.2, 0.25) is 5.91 Å². The molecule has 0 unspecified atom stereocenters. The van der Waals surface area contributed by atoms with E-state index < -0.39 is 0 Å². The largest absolute Gasteiger partial charge is 0.381 e. The molecule has 0 spiro atoms. The first-order chi connectivity index (χ1) is 9.10.